The average Bonchev–Trinajstić information content (AvgIpc) is 3.36. The van der Waals surface area contributed by atoms with Crippen LogP contribution in [0.3, 0.4) is 0 Å². The van der Waals surface area contributed by atoms with Gasteiger partial charge in [0.15, 0.2) is 5.13 Å². The molecule has 1 amide bonds. The minimum atomic E-state index is -0.00173. The van der Waals surface area contributed by atoms with Crippen LogP contribution in [0.5, 0.6) is 5.75 Å². The van der Waals surface area contributed by atoms with E-state index < -0.39 is 0 Å². The number of thiophene rings is 1. The van der Waals surface area contributed by atoms with Crippen molar-refractivity contribution in [3.63, 3.8) is 0 Å². The van der Waals surface area contributed by atoms with Crippen LogP contribution in [0.1, 0.15) is 15.2 Å². The zero-order valence-electron chi connectivity index (χ0n) is 16.4. The number of anilines is 1. The summed E-state index contributed by atoms with van der Waals surface area (Å²) in [7, 11) is 1.69. The fourth-order valence-electron chi connectivity index (χ4n) is 3.41. The lowest BCUT2D eigenvalue weighted by molar-refractivity contribution is 0.0952. The highest BCUT2D eigenvalue weighted by molar-refractivity contribution is 9.11. The predicted octanol–water partition coefficient (Wildman–Crippen LogP) is 3.99. The Bertz CT molecular complexity index is 1010. The van der Waals surface area contributed by atoms with Gasteiger partial charge in [-0.2, -0.15) is 0 Å². The smallest absolute Gasteiger partial charge is 0.261 e. The minimum Gasteiger partial charge on any atom is -0.494 e. The number of nitrogens with one attached hydrogen (secondary N) is 1. The number of rotatable bonds is 6. The minimum absolute atomic E-state index is 0.00173. The first-order valence-corrected chi connectivity index (χ1v) is 11.9. The van der Waals surface area contributed by atoms with Crippen LogP contribution >= 0.6 is 38.6 Å². The predicted molar refractivity (Wildman–Crippen MR) is 124 cm³/mol. The number of halogens is 1. The van der Waals surface area contributed by atoms with Crippen molar-refractivity contribution in [3.8, 4) is 5.75 Å². The molecule has 29 heavy (non-hydrogen) atoms. The maximum absolute atomic E-state index is 12.1. The first kappa shape index (κ1) is 20.6. The molecule has 0 bridgehead atoms. The van der Waals surface area contributed by atoms with E-state index in [2.05, 4.69) is 44.0 Å². The molecule has 1 N–H and O–H groups in total. The number of hydrogen-bond acceptors (Lipinski definition) is 7. The molecular formula is C20H23BrN4O2S2. The molecule has 2 aromatic heterocycles. The van der Waals surface area contributed by atoms with Gasteiger partial charge in [-0.05, 0) is 46.6 Å². The third kappa shape index (κ3) is 4.58. The Balaban J connectivity index is 1.30. The standard InChI is InChI=1S/C20H23BrN4O2S2/c1-13-3-4-14(27-2)17-18(13)29-20(23-17)25-11-9-24(10-12-25)8-7-22-19(26)15-5-6-16(21)28-15/h3-6H,7-12H2,1-2H3,(H,22,26). The summed E-state index contributed by atoms with van der Waals surface area (Å²) in [6, 6.07) is 7.82. The summed E-state index contributed by atoms with van der Waals surface area (Å²) in [4.78, 5) is 22.5. The van der Waals surface area contributed by atoms with Crippen molar-refractivity contribution in [1.29, 1.82) is 0 Å². The Morgan fingerprint density at radius 1 is 1.21 bits per heavy atom. The van der Waals surface area contributed by atoms with Crippen molar-refractivity contribution < 1.29 is 9.53 Å². The molecule has 3 aromatic rings. The van der Waals surface area contributed by atoms with Crippen molar-refractivity contribution in [2.24, 2.45) is 0 Å². The van der Waals surface area contributed by atoms with E-state index in [1.165, 1.54) is 21.6 Å². The Morgan fingerprint density at radius 3 is 2.69 bits per heavy atom. The van der Waals surface area contributed by atoms with Crippen LogP contribution in [0.15, 0.2) is 28.1 Å². The molecule has 1 aliphatic heterocycles. The lowest BCUT2D eigenvalue weighted by atomic mass is 10.2. The molecule has 9 heteroatoms. The number of benzene rings is 1. The number of amides is 1. The summed E-state index contributed by atoms with van der Waals surface area (Å²) >= 11 is 6.59. The summed E-state index contributed by atoms with van der Waals surface area (Å²) in [5.41, 5.74) is 2.19. The highest BCUT2D eigenvalue weighted by Gasteiger charge is 2.21. The van der Waals surface area contributed by atoms with Gasteiger partial charge >= 0.3 is 0 Å². The third-order valence-corrected chi connectivity index (χ3v) is 7.94. The van der Waals surface area contributed by atoms with E-state index in [4.69, 9.17) is 9.72 Å². The Kier molecular flexibility index (Phi) is 6.38. The van der Waals surface area contributed by atoms with Gasteiger partial charge in [-0.25, -0.2) is 4.98 Å². The first-order chi connectivity index (χ1) is 14.0. The van der Waals surface area contributed by atoms with Crippen molar-refractivity contribution in [2.45, 2.75) is 6.92 Å². The van der Waals surface area contributed by atoms with Gasteiger partial charge in [0, 0.05) is 39.3 Å². The molecule has 0 saturated carbocycles. The van der Waals surface area contributed by atoms with Gasteiger partial charge in [0.1, 0.15) is 11.3 Å². The van der Waals surface area contributed by atoms with Crippen LogP contribution < -0.4 is 15.0 Å². The van der Waals surface area contributed by atoms with Crippen LogP contribution in [0.2, 0.25) is 0 Å². The monoisotopic (exact) mass is 494 g/mol. The molecule has 1 aliphatic rings. The number of carbonyl (C=O) groups is 1. The summed E-state index contributed by atoms with van der Waals surface area (Å²) in [6.45, 7) is 7.44. The lowest BCUT2D eigenvalue weighted by Crippen LogP contribution is -2.48. The number of hydrogen-bond donors (Lipinski definition) is 1. The fraction of sp³-hybridized carbons (Fsp3) is 0.400. The van der Waals surface area contributed by atoms with E-state index in [0.29, 0.717) is 6.54 Å². The van der Waals surface area contributed by atoms with Gasteiger partial charge in [0.2, 0.25) is 0 Å². The SMILES string of the molecule is COc1ccc(C)c2sc(N3CCN(CCNC(=O)c4ccc(Br)s4)CC3)nc12. The van der Waals surface area contributed by atoms with E-state index in [-0.39, 0.29) is 5.91 Å². The zero-order valence-corrected chi connectivity index (χ0v) is 19.6. The largest absolute Gasteiger partial charge is 0.494 e. The Labute approximate surface area is 186 Å². The fourth-order valence-corrected chi connectivity index (χ4v) is 5.82. The molecule has 0 radical (unpaired) electrons. The molecule has 0 unspecified atom stereocenters. The maximum atomic E-state index is 12.1. The van der Waals surface area contributed by atoms with Crippen LogP contribution in [-0.2, 0) is 0 Å². The molecular weight excluding hydrogens is 472 g/mol. The van der Waals surface area contributed by atoms with Crippen LogP contribution in [-0.4, -0.2) is 62.2 Å². The Hall–Kier alpha value is -1.68. The number of methoxy groups -OCH3 is 1. The van der Waals surface area contributed by atoms with Crippen molar-refractivity contribution in [2.75, 3.05) is 51.3 Å². The van der Waals surface area contributed by atoms with Crippen LogP contribution in [0.4, 0.5) is 5.13 Å². The number of nitrogens with zero attached hydrogens (tertiary/aromatic N) is 3. The maximum Gasteiger partial charge on any atom is 0.261 e. The summed E-state index contributed by atoms with van der Waals surface area (Å²) in [5.74, 6) is 0.832. The lowest BCUT2D eigenvalue weighted by Gasteiger charge is -2.34. The second-order valence-corrected chi connectivity index (χ2v) is 10.4. The van der Waals surface area contributed by atoms with Crippen molar-refractivity contribution in [3.05, 3.63) is 38.5 Å². The van der Waals surface area contributed by atoms with Crippen LogP contribution in [0.25, 0.3) is 10.2 Å². The molecule has 3 heterocycles. The second-order valence-electron chi connectivity index (χ2n) is 6.95. The Morgan fingerprint density at radius 2 is 2.00 bits per heavy atom. The number of carbonyl (C=O) groups excluding carboxylic acids is 1. The topological polar surface area (TPSA) is 57.7 Å². The highest BCUT2D eigenvalue weighted by Crippen LogP contribution is 2.36. The number of fused-ring (bicyclic) bond motifs is 1. The quantitative estimate of drug-likeness (QED) is 0.561. The number of aromatic nitrogens is 1. The molecule has 154 valence electrons. The normalized spacial score (nSPS) is 15.1. The van der Waals surface area contributed by atoms with Crippen molar-refractivity contribution >= 4 is 59.9 Å². The molecule has 1 fully saturated rings. The van der Waals surface area contributed by atoms with Gasteiger partial charge in [-0.15, -0.1) is 11.3 Å². The third-order valence-electron chi connectivity index (χ3n) is 5.07. The van der Waals surface area contributed by atoms with Gasteiger partial charge in [-0.3, -0.25) is 9.69 Å². The van der Waals surface area contributed by atoms with Gasteiger partial charge in [0.05, 0.1) is 20.5 Å². The summed E-state index contributed by atoms with van der Waals surface area (Å²) in [5, 5.41) is 4.07. The zero-order chi connectivity index (χ0) is 20.4. The van der Waals surface area contributed by atoms with E-state index in [0.717, 1.165) is 57.8 Å². The molecule has 0 spiro atoms. The van der Waals surface area contributed by atoms with E-state index in [9.17, 15) is 4.79 Å². The van der Waals surface area contributed by atoms with Crippen LogP contribution in [0, 0.1) is 6.92 Å². The number of piperazine rings is 1. The van der Waals surface area contributed by atoms with Gasteiger partial charge in [-0.1, -0.05) is 17.4 Å². The molecule has 6 nitrogen and oxygen atoms in total. The average molecular weight is 495 g/mol. The molecule has 1 aromatic carbocycles. The van der Waals surface area contributed by atoms with Gasteiger partial charge < -0.3 is 15.0 Å². The van der Waals surface area contributed by atoms with E-state index in [1.807, 2.05) is 18.2 Å². The van der Waals surface area contributed by atoms with E-state index >= 15 is 0 Å². The first-order valence-electron chi connectivity index (χ1n) is 9.50. The number of thiazole rings is 1. The molecule has 0 aliphatic carbocycles. The summed E-state index contributed by atoms with van der Waals surface area (Å²) in [6.07, 6.45) is 0. The molecule has 0 atom stereocenters. The number of aryl methyl sites for hydroxylation is 1. The molecule has 4 rings (SSSR count). The number of ether oxygens (including phenoxy) is 1. The highest BCUT2D eigenvalue weighted by atomic mass is 79.9. The van der Waals surface area contributed by atoms with Crippen molar-refractivity contribution in [1.82, 2.24) is 15.2 Å². The summed E-state index contributed by atoms with van der Waals surface area (Å²) < 4.78 is 7.65. The van der Waals surface area contributed by atoms with E-state index in [1.54, 1.807) is 18.4 Å². The molecule has 1 saturated heterocycles. The van der Waals surface area contributed by atoms with Gasteiger partial charge in [0.25, 0.3) is 5.91 Å². The second kappa shape index (κ2) is 8.99.